The lowest BCUT2D eigenvalue weighted by Gasteiger charge is -2.16. The number of phosphoric acid groups is 1. The number of para-hydroxylation sites is 2. The average molecular weight is 705 g/mol. The zero-order valence-electron chi connectivity index (χ0n) is 28.5. The molecule has 0 spiro atoms. The maximum atomic E-state index is 12.6. The van der Waals surface area contributed by atoms with Crippen molar-refractivity contribution >= 4 is 31.3 Å². The van der Waals surface area contributed by atoms with E-state index in [9.17, 15) is 23.7 Å². The summed E-state index contributed by atoms with van der Waals surface area (Å²) in [5, 5.41) is 8.99. The first-order valence-corrected chi connectivity index (χ1v) is 17.3. The van der Waals surface area contributed by atoms with Crippen LogP contribution in [0.2, 0.25) is 0 Å². The molecule has 50 heavy (non-hydrogen) atoms. The van der Waals surface area contributed by atoms with Crippen LogP contribution in [0.5, 0.6) is 11.5 Å². The number of phosphoric ester groups is 1. The van der Waals surface area contributed by atoms with Crippen LogP contribution in [-0.4, -0.2) is 41.8 Å². The lowest BCUT2D eigenvalue weighted by molar-refractivity contribution is -0.132. The first-order chi connectivity index (χ1) is 24.0. The molecule has 0 unspecified atom stereocenters. The minimum Gasteiger partial charge on any atom is -0.426 e. The monoisotopic (exact) mass is 704 g/mol. The van der Waals surface area contributed by atoms with Gasteiger partial charge in [0.1, 0.15) is 11.5 Å². The second-order valence-corrected chi connectivity index (χ2v) is 12.4. The molecule has 0 aromatic heterocycles. The molecule has 0 saturated heterocycles. The number of benzene rings is 4. The van der Waals surface area contributed by atoms with Crippen molar-refractivity contribution in [2.75, 3.05) is 13.2 Å². The van der Waals surface area contributed by atoms with Crippen LogP contribution in [0.15, 0.2) is 97.1 Å². The van der Waals surface area contributed by atoms with Gasteiger partial charge in [0.15, 0.2) is 11.6 Å². The molecule has 4 aromatic carbocycles. The molecule has 11 nitrogen and oxygen atoms in total. The third kappa shape index (κ3) is 12.9. The molecule has 0 saturated carbocycles. The molecule has 4 rings (SSSR count). The second kappa shape index (κ2) is 20.0. The number of aliphatic hydroxyl groups excluding tert-OH is 1. The van der Waals surface area contributed by atoms with E-state index in [-0.39, 0.29) is 62.3 Å². The van der Waals surface area contributed by atoms with Crippen LogP contribution < -0.4 is 9.47 Å². The topological polar surface area (TPSA) is 152 Å². The van der Waals surface area contributed by atoms with Crippen molar-refractivity contribution in [3.63, 3.8) is 0 Å². The first kappa shape index (κ1) is 39.7. The Morgan fingerprint density at radius 2 is 0.940 bits per heavy atom. The van der Waals surface area contributed by atoms with Gasteiger partial charge < -0.3 is 14.6 Å². The number of Topliss-reactive ketones (excluding diaryl/α,β-unsaturated/α-hetero) is 2. The zero-order chi connectivity index (χ0) is 36.5. The summed E-state index contributed by atoms with van der Waals surface area (Å²) in [5.41, 5.74) is 3.93. The third-order valence-corrected chi connectivity index (χ3v) is 8.40. The molecule has 0 atom stereocenters. The average Bonchev–Trinajstić information content (AvgIpc) is 3.09. The second-order valence-electron chi connectivity index (χ2n) is 10.7. The minimum absolute atomic E-state index is 0.0243. The number of ether oxygens (including phenoxy) is 2. The Morgan fingerprint density at radius 3 is 1.32 bits per heavy atom. The molecule has 0 radical (unpaired) electrons. The maximum Gasteiger partial charge on any atom is 0.475 e. The van der Waals surface area contributed by atoms with E-state index in [0.717, 1.165) is 22.3 Å². The van der Waals surface area contributed by atoms with Gasteiger partial charge in [-0.15, -0.1) is 0 Å². The number of ketones is 2. The van der Waals surface area contributed by atoms with Crippen molar-refractivity contribution in [1.29, 1.82) is 0 Å². The van der Waals surface area contributed by atoms with Gasteiger partial charge in [-0.05, 0) is 60.4 Å². The lowest BCUT2D eigenvalue weighted by atomic mass is 10.0. The molecule has 1 N–H and O–H groups in total. The highest BCUT2D eigenvalue weighted by molar-refractivity contribution is 7.48. The summed E-state index contributed by atoms with van der Waals surface area (Å²) in [5.74, 6) is -0.695. The van der Waals surface area contributed by atoms with Crippen LogP contribution in [-0.2, 0) is 53.8 Å². The Kier molecular flexibility index (Phi) is 15.9. The van der Waals surface area contributed by atoms with E-state index >= 15 is 0 Å². The molecular formula is C38H41O11P. The highest BCUT2D eigenvalue weighted by Gasteiger charge is 2.25. The highest BCUT2D eigenvalue weighted by atomic mass is 31.2. The van der Waals surface area contributed by atoms with E-state index < -0.39 is 19.8 Å². The van der Waals surface area contributed by atoms with Crippen molar-refractivity contribution < 1.29 is 51.9 Å². The maximum absolute atomic E-state index is 12.6. The van der Waals surface area contributed by atoms with E-state index in [0.29, 0.717) is 11.1 Å². The van der Waals surface area contributed by atoms with Crippen LogP contribution in [0.4, 0.5) is 0 Å². The van der Waals surface area contributed by atoms with Crippen LogP contribution in [0.1, 0.15) is 70.7 Å². The van der Waals surface area contributed by atoms with Gasteiger partial charge in [0.05, 0.1) is 37.6 Å². The minimum atomic E-state index is -3.57. The summed E-state index contributed by atoms with van der Waals surface area (Å²) in [6.07, 6.45) is 0.361. The van der Waals surface area contributed by atoms with Crippen LogP contribution in [0, 0.1) is 0 Å². The standard InChI is InChI=1S/C21H25O7P.C17H16O4/c1-4-25-29(24,26-5-2)27-15-18-12-10-17(11-13-18)14-20(23)19-8-6-7-9-21(19)28-16(3)22;1-12(19)21-17-5-3-2-4-15(17)16(20)10-13-6-8-14(11-18)9-7-13/h6-13H,4-5,14-15H2,1-3H3;2-9,18H,10-11H2,1H3. The summed E-state index contributed by atoms with van der Waals surface area (Å²) in [4.78, 5) is 47.2. The number of hydrogen-bond donors (Lipinski definition) is 1. The largest absolute Gasteiger partial charge is 0.475 e. The van der Waals surface area contributed by atoms with Crippen molar-refractivity contribution in [2.24, 2.45) is 0 Å². The Bertz CT molecular complexity index is 1770. The molecule has 0 aliphatic heterocycles. The number of hydrogen-bond acceptors (Lipinski definition) is 11. The van der Waals surface area contributed by atoms with Crippen LogP contribution >= 0.6 is 7.82 Å². The number of rotatable bonds is 16. The molecule has 0 bridgehead atoms. The molecule has 4 aromatic rings. The fourth-order valence-corrected chi connectivity index (χ4v) is 5.70. The van der Waals surface area contributed by atoms with Crippen molar-refractivity contribution in [3.8, 4) is 11.5 Å². The predicted octanol–water partition coefficient (Wildman–Crippen LogP) is 7.26. The van der Waals surface area contributed by atoms with E-state index in [1.807, 2.05) is 0 Å². The number of esters is 2. The highest BCUT2D eigenvalue weighted by Crippen LogP contribution is 2.49. The SMILES string of the molecule is CC(=O)Oc1ccccc1C(=O)Cc1ccc(CO)cc1.CCOP(=O)(OCC)OCc1ccc(CC(=O)c2ccccc2OC(C)=O)cc1. The third-order valence-electron chi connectivity index (χ3n) is 6.80. The number of carbonyl (C=O) groups is 4. The Balaban J connectivity index is 0.000000284. The summed E-state index contributed by atoms with van der Waals surface area (Å²) in [6, 6.07) is 27.6. The van der Waals surface area contributed by atoms with Crippen molar-refractivity contribution in [3.05, 3.63) is 130 Å². The van der Waals surface area contributed by atoms with Gasteiger partial charge >= 0.3 is 19.8 Å². The van der Waals surface area contributed by atoms with Gasteiger partial charge in [-0.3, -0.25) is 32.7 Å². The molecule has 0 fully saturated rings. The van der Waals surface area contributed by atoms with E-state index in [4.69, 9.17) is 28.2 Å². The Morgan fingerprint density at radius 1 is 0.560 bits per heavy atom. The molecule has 0 amide bonds. The number of aliphatic hydroxyl groups is 1. The van der Waals surface area contributed by atoms with E-state index in [2.05, 4.69) is 0 Å². The fraction of sp³-hybridized carbons (Fsp3) is 0.263. The summed E-state index contributed by atoms with van der Waals surface area (Å²) < 4.78 is 38.0. The first-order valence-electron chi connectivity index (χ1n) is 15.9. The Hall–Kier alpha value is -4.77. The van der Waals surface area contributed by atoms with E-state index in [1.54, 1.807) is 111 Å². The zero-order valence-corrected chi connectivity index (χ0v) is 29.4. The number of carbonyl (C=O) groups excluding carboxylic acids is 4. The molecule has 12 heteroatoms. The quantitative estimate of drug-likeness (QED) is 0.0543. The van der Waals surface area contributed by atoms with Gasteiger partial charge in [0.25, 0.3) is 0 Å². The predicted molar refractivity (Wildman–Crippen MR) is 186 cm³/mol. The molecule has 264 valence electrons. The van der Waals surface area contributed by atoms with Gasteiger partial charge in [-0.1, -0.05) is 72.8 Å². The van der Waals surface area contributed by atoms with Crippen molar-refractivity contribution in [1.82, 2.24) is 0 Å². The van der Waals surface area contributed by atoms with Gasteiger partial charge in [0, 0.05) is 26.7 Å². The van der Waals surface area contributed by atoms with Gasteiger partial charge in [0.2, 0.25) is 0 Å². The smallest absolute Gasteiger partial charge is 0.426 e. The van der Waals surface area contributed by atoms with Crippen LogP contribution in [0.3, 0.4) is 0 Å². The fourth-order valence-electron chi connectivity index (χ4n) is 4.54. The van der Waals surface area contributed by atoms with Crippen LogP contribution in [0.25, 0.3) is 0 Å². The van der Waals surface area contributed by atoms with E-state index in [1.165, 1.54) is 13.8 Å². The molecule has 0 aliphatic rings. The molecule has 0 heterocycles. The summed E-state index contributed by atoms with van der Waals surface area (Å²) in [7, 11) is -3.57. The molecule has 0 aliphatic carbocycles. The summed E-state index contributed by atoms with van der Waals surface area (Å²) in [6.45, 7) is 6.47. The summed E-state index contributed by atoms with van der Waals surface area (Å²) >= 11 is 0. The van der Waals surface area contributed by atoms with Gasteiger partial charge in [-0.25, -0.2) is 4.57 Å². The van der Waals surface area contributed by atoms with Crippen molar-refractivity contribution in [2.45, 2.75) is 53.8 Å². The lowest BCUT2D eigenvalue weighted by Crippen LogP contribution is -2.09. The van der Waals surface area contributed by atoms with Gasteiger partial charge in [-0.2, -0.15) is 0 Å². The molecular weight excluding hydrogens is 663 g/mol. The normalized spacial score (nSPS) is 10.8. The Labute approximate surface area is 291 Å².